The number of benzene rings is 1. The Labute approximate surface area is 137 Å². The number of nitrogens with zero attached hydrogens (tertiary/aromatic N) is 2. The average Bonchev–Trinajstić information content (AvgIpc) is 3.00. The van der Waals surface area contributed by atoms with Crippen LogP contribution in [0.3, 0.4) is 0 Å². The molecular formula is C17H16N2O5. The Balaban J connectivity index is 2.22. The van der Waals surface area contributed by atoms with Gasteiger partial charge in [0.05, 0.1) is 30.7 Å². The van der Waals surface area contributed by atoms with Gasteiger partial charge in [0.1, 0.15) is 11.3 Å². The Morgan fingerprint density at radius 1 is 1.42 bits per heavy atom. The molecule has 1 aromatic carbocycles. The van der Waals surface area contributed by atoms with Crippen LogP contribution in [0.15, 0.2) is 45.9 Å². The molecule has 0 saturated carbocycles. The van der Waals surface area contributed by atoms with E-state index in [0.29, 0.717) is 10.9 Å². The molecule has 7 heteroatoms. The maximum Gasteiger partial charge on any atom is 0.343 e. The third kappa shape index (κ3) is 2.76. The minimum atomic E-state index is -0.716. The largest absolute Gasteiger partial charge is 0.507 e. The molecule has 2 heterocycles. The number of para-hydroxylation sites is 1. The quantitative estimate of drug-likeness (QED) is 0.581. The highest BCUT2D eigenvalue weighted by Gasteiger charge is 2.28. The smallest absolute Gasteiger partial charge is 0.343 e. The van der Waals surface area contributed by atoms with E-state index in [9.17, 15) is 14.7 Å². The topological polar surface area (TPSA) is 94.6 Å². The lowest BCUT2D eigenvalue weighted by Gasteiger charge is -2.15. The maximum absolute atomic E-state index is 12.4. The molecule has 0 aliphatic heterocycles. The van der Waals surface area contributed by atoms with Gasteiger partial charge in [-0.2, -0.15) is 5.10 Å². The van der Waals surface area contributed by atoms with Crippen LogP contribution >= 0.6 is 0 Å². The molecule has 0 aliphatic rings. The summed E-state index contributed by atoms with van der Waals surface area (Å²) in [5.41, 5.74) is 0.226. The molecule has 24 heavy (non-hydrogen) atoms. The molecule has 0 spiro atoms. The van der Waals surface area contributed by atoms with Gasteiger partial charge in [-0.1, -0.05) is 12.1 Å². The summed E-state index contributed by atoms with van der Waals surface area (Å²) in [5.74, 6) is -1.41. The standard InChI is InChI=1S/C17H16N2O5/c1-19-9-10(8-18-19)12(7-14(20)23-2)15-16(21)11-5-3-4-6-13(11)24-17(15)22/h3-6,8-9,12,21H,7H2,1-2H3/t12-/m1/s1. The van der Waals surface area contributed by atoms with Crippen molar-refractivity contribution in [2.45, 2.75) is 12.3 Å². The normalized spacial score (nSPS) is 12.2. The molecule has 0 fully saturated rings. The van der Waals surface area contributed by atoms with Gasteiger partial charge in [0.15, 0.2) is 0 Å². The van der Waals surface area contributed by atoms with Crippen LogP contribution in [0.1, 0.15) is 23.5 Å². The maximum atomic E-state index is 12.4. The predicted octanol–water partition coefficient (Wildman–Crippen LogP) is 1.93. The Hall–Kier alpha value is -3.09. The number of carbonyl (C=O) groups excluding carboxylic acids is 1. The van der Waals surface area contributed by atoms with E-state index in [1.54, 1.807) is 48.4 Å². The van der Waals surface area contributed by atoms with Crippen LogP contribution in [0.4, 0.5) is 0 Å². The van der Waals surface area contributed by atoms with Crippen LogP contribution in [0.5, 0.6) is 5.75 Å². The number of hydrogen-bond acceptors (Lipinski definition) is 6. The summed E-state index contributed by atoms with van der Waals surface area (Å²) in [6.45, 7) is 0. The number of hydrogen-bond donors (Lipinski definition) is 1. The number of ether oxygens (including phenoxy) is 1. The van der Waals surface area contributed by atoms with E-state index in [0.717, 1.165) is 0 Å². The molecule has 0 bridgehead atoms. The summed E-state index contributed by atoms with van der Waals surface area (Å²) < 4.78 is 11.6. The Bertz CT molecular complexity index is 957. The van der Waals surface area contributed by atoms with Gasteiger partial charge in [0.2, 0.25) is 0 Å². The van der Waals surface area contributed by atoms with Gasteiger partial charge in [-0.25, -0.2) is 4.79 Å². The molecule has 0 unspecified atom stereocenters. The van der Waals surface area contributed by atoms with Gasteiger partial charge < -0.3 is 14.3 Å². The lowest BCUT2D eigenvalue weighted by molar-refractivity contribution is -0.140. The average molecular weight is 328 g/mol. The molecule has 0 saturated heterocycles. The van der Waals surface area contributed by atoms with Crippen molar-refractivity contribution in [2.24, 2.45) is 7.05 Å². The lowest BCUT2D eigenvalue weighted by Crippen LogP contribution is -2.17. The number of methoxy groups -OCH3 is 1. The van der Waals surface area contributed by atoms with Crippen molar-refractivity contribution >= 4 is 16.9 Å². The molecule has 7 nitrogen and oxygen atoms in total. The van der Waals surface area contributed by atoms with E-state index >= 15 is 0 Å². The second-order valence-electron chi connectivity index (χ2n) is 5.43. The molecule has 0 amide bonds. The predicted molar refractivity (Wildman–Crippen MR) is 85.8 cm³/mol. The van der Waals surface area contributed by atoms with Crippen molar-refractivity contribution in [3.63, 3.8) is 0 Å². The molecule has 1 atom stereocenters. The van der Waals surface area contributed by atoms with Crippen molar-refractivity contribution in [1.29, 1.82) is 0 Å². The van der Waals surface area contributed by atoms with Crippen molar-refractivity contribution < 1.29 is 19.1 Å². The molecule has 124 valence electrons. The minimum Gasteiger partial charge on any atom is -0.507 e. The number of aryl methyl sites for hydroxylation is 1. The molecule has 2 aromatic heterocycles. The number of aromatic hydroxyl groups is 1. The second-order valence-corrected chi connectivity index (χ2v) is 5.43. The highest BCUT2D eigenvalue weighted by molar-refractivity contribution is 5.84. The van der Waals surface area contributed by atoms with Gasteiger partial charge >= 0.3 is 11.6 Å². The monoisotopic (exact) mass is 328 g/mol. The van der Waals surface area contributed by atoms with E-state index in [1.165, 1.54) is 7.11 Å². The summed E-state index contributed by atoms with van der Waals surface area (Å²) in [7, 11) is 2.99. The summed E-state index contributed by atoms with van der Waals surface area (Å²) in [6.07, 6.45) is 3.11. The Morgan fingerprint density at radius 3 is 2.83 bits per heavy atom. The van der Waals surface area contributed by atoms with E-state index in [-0.39, 0.29) is 23.3 Å². The van der Waals surface area contributed by atoms with Crippen LogP contribution < -0.4 is 5.63 Å². The van der Waals surface area contributed by atoms with Crippen LogP contribution in [-0.2, 0) is 16.6 Å². The fraction of sp³-hybridized carbons (Fsp3) is 0.235. The fourth-order valence-electron chi connectivity index (χ4n) is 2.71. The van der Waals surface area contributed by atoms with Crippen molar-refractivity contribution in [3.8, 4) is 5.75 Å². The second kappa shape index (κ2) is 6.19. The molecule has 0 radical (unpaired) electrons. The third-order valence-electron chi connectivity index (χ3n) is 3.89. The number of aromatic nitrogens is 2. The third-order valence-corrected chi connectivity index (χ3v) is 3.89. The zero-order valence-electron chi connectivity index (χ0n) is 13.2. The number of carbonyl (C=O) groups is 1. The number of rotatable bonds is 4. The van der Waals surface area contributed by atoms with E-state index in [1.807, 2.05) is 0 Å². The first-order valence-corrected chi connectivity index (χ1v) is 7.31. The molecule has 0 aliphatic carbocycles. The van der Waals surface area contributed by atoms with Crippen LogP contribution in [0.25, 0.3) is 11.0 Å². The lowest BCUT2D eigenvalue weighted by atomic mass is 9.90. The highest BCUT2D eigenvalue weighted by Crippen LogP contribution is 2.35. The summed E-state index contributed by atoms with van der Waals surface area (Å²) in [4.78, 5) is 24.2. The highest BCUT2D eigenvalue weighted by atomic mass is 16.5. The van der Waals surface area contributed by atoms with Crippen LogP contribution in [-0.4, -0.2) is 28.0 Å². The number of esters is 1. The van der Waals surface area contributed by atoms with Gasteiger partial charge in [-0.15, -0.1) is 0 Å². The Kier molecular flexibility index (Phi) is 4.07. The van der Waals surface area contributed by atoms with E-state index in [2.05, 4.69) is 5.10 Å². The van der Waals surface area contributed by atoms with Gasteiger partial charge in [0.25, 0.3) is 0 Å². The molecule has 3 aromatic rings. The van der Waals surface area contributed by atoms with Crippen LogP contribution in [0, 0.1) is 0 Å². The zero-order chi connectivity index (χ0) is 17.3. The van der Waals surface area contributed by atoms with Gasteiger partial charge in [-0.05, 0) is 17.7 Å². The van der Waals surface area contributed by atoms with E-state index in [4.69, 9.17) is 9.15 Å². The zero-order valence-corrected chi connectivity index (χ0v) is 13.2. The van der Waals surface area contributed by atoms with Gasteiger partial charge in [-0.3, -0.25) is 9.48 Å². The Morgan fingerprint density at radius 2 is 2.17 bits per heavy atom. The number of fused-ring (bicyclic) bond motifs is 1. The van der Waals surface area contributed by atoms with Crippen molar-refractivity contribution in [3.05, 3.63) is 58.2 Å². The SMILES string of the molecule is COC(=O)C[C@H](c1cnn(C)c1)c1c(O)c2ccccc2oc1=O. The van der Waals surface area contributed by atoms with Gasteiger partial charge in [0, 0.05) is 19.2 Å². The first-order valence-electron chi connectivity index (χ1n) is 7.31. The first-order chi connectivity index (χ1) is 11.5. The minimum absolute atomic E-state index is 0.0205. The molecular weight excluding hydrogens is 312 g/mol. The fourth-order valence-corrected chi connectivity index (χ4v) is 2.71. The van der Waals surface area contributed by atoms with Crippen molar-refractivity contribution in [1.82, 2.24) is 9.78 Å². The van der Waals surface area contributed by atoms with Crippen LogP contribution in [0.2, 0.25) is 0 Å². The van der Waals surface area contributed by atoms with Crippen molar-refractivity contribution in [2.75, 3.05) is 7.11 Å². The molecule has 3 rings (SSSR count). The summed E-state index contributed by atoms with van der Waals surface area (Å²) in [6, 6.07) is 6.68. The summed E-state index contributed by atoms with van der Waals surface area (Å²) in [5, 5.41) is 15.1. The molecule has 1 N–H and O–H groups in total. The first kappa shape index (κ1) is 15.8. The summed E-state index contributed by atoms with van der Waals surface area (Å²) >= 11 is 0. The van der Waals surface area contributed by atoms with E-state index < -0.39 is 17.5 Å².